The van der Waals surface area contributed by atoms with Crippen molar-refractivity contribution in [2.75, 3.05) is 17.2 Å². The number of fused-ring (bicyclic) bond motifs is 1. The minimum Gasteiger partial charge on any atom is -0.508 e. The maximum absolute atomic E-state index is 9.94. The van der Waals surface area contributed by atoms with E-state index in [-0.39, 0.29) is 5.75 Å². The Balaban J connectivity index is 1.89. The van der Waals surface area contributed by atoms with Crippen LogP contribution in [0.15, 0.2) is 24.5 Å². The quantitative estimate of drug-likeness (QED) is 0.532. The molecule has 4 N–H and O–H groups in total. The summed E-state index contributed by atoms with van der Waals surface area (Å²) in [6.07, 6.45) is 1.13. The van der Waals surface area contributed by atoms with E-state index in [0.717, 1.165) is 0 Å². The number of aromatic hydroxyl groups is 1. The van der Waals surface area contributed by atoms with Crippen LogP contribution in [0, 0.1) is 0 Å². The zero-order chi connectivity index (χ0) is 18.0. The number of rotatable bonds is 6. The van der Waals surface area contributed by atoms with E-state index in [1.807, 2.05) is 7.05 Å². The van der Waals surface area contributed by atoms with Gasteiger partial charge in [0.1, 0.15) is 5.75 Å². The number of hydrogen-bond donors (Lipinski definition) is 4. The molecule has 2 heterocycles. The molecule has 8 nitrogen and oxygen atoms in total. The Labute approximate surface area is 149 Å². The van der Waals surface area contributed by atoms with Crippen LogP contribution in [0.5, 0.6) is 5.75 Å². The fourth-order valence-corrected chi connectivity index (χ4v) is 2.52. The number of aryl methyl sites for hydroxylation is 1. The predicted octanol–water partition coefficient (Wildman–Crippen LogP) is 2.13. The van der Waals surface area contributed by atoms with Crippen LogP contribution in [-0.4, -0.2) is 42.4 Å². The molecule has 0 spiro atoms. The Morgan fingerprint density at radius 3 is 2.84 bits per heavy atom. The van der Waals surface area contributed by atoms with Crippen molar-refractivity contribution in [3.05, 3.63) is 35.1 Å². The summed E-state index contributed by atoms with van der Waals surface area (Å²) in [4.78, 5) is 13.1. The number of aromatic nitrogens is 4. The third-order valence-electron chi connectivity index (χ3n) is 3.60. The van der Waals surface area contributed by atoms with E-state index >= 15 is 0 Å². The molecule has 3 rings (SSSR count). The fraction of sp³-hybridized carbons (Fsp3) is 0.312. The standard InChI is InChI=1S/C16H19ClN6O2/c1-9(24)6-19-16-21-14(13-15(22-16)23(2)8-20-13)18-7-10-5-11(17)3-4-12(10)25/h3-5,8-9,24-25H,6-7H2,1-2H3,(H2,18,19,21,22). The molecular weight excluding hydrogens is 344 g/mol. The molecule has 0 amide bonds. The van der Waals surface area contributed by atoms with E-state index in [0.29, 0.717) is 46.6 Å². The van der Waals surface area contributed by atoms with Gasteiger partial charge in [-0.2, -0.15) is 9.97 Å². The number of phenolic OH excluding ortho intramolecular Hbond substituents is 1. The van der Waals surface area contributed by atoms with Gasteiger partial charge >= 0.3 is 0 Å². The van der Waals surface area contributed by atoms with Gasteiger partial charge in [-0.15, -0.1) is 0 Å². The molecule has 0 fully saturated rings. The molecule has 0 radical (unpaired) electrons. The molecule has 1 aromatic carbocycles. The van der Waals surface area contributed by atoms with Crippen LogP contribution >= 0.6 is 11.6 Å². The SMILES string of the molecule is CC(O)CNc1nc(NCc2cc(Cl)ccc2O)c2ncn(C)c2n1. The summed E-state index contributed by atoms with van der Waals surface area (Å²) in [5, 5.41) is 26.1. The van der Waals surface area contributed by atoms with Crippen LogP contribution in [-0.2, 0) is 13.6 Å². The number of anilines is 2. The molecule has 0 aliphatic rings. The Kier molecular flexibility index (Phi) is 4.91. The maximum atomic E-state index is 9.94. The summed E-state index contributed by atoms with van der Waals surface area (Å²) in [5.74, 6) is 1.06. The van der Waals surface area contributed by atoms with Crippen LogP contribution in [0.3, 0.4) is 0 Å². The molecule has 1 unspecified atom stereocenters. The number of nitrogens with one attached hydrogen (secondary N) is 2. The smallest absolute Gasteiger partial charge is 0.226 e. The molecule has 0 aliphatic carbocycles. The zero-order valence-electron chi connectivity index (χ0n) is 13.9. The van der Waals surface area contributed by atoms with Crippen LogP contribution in [0.2, 0.25) is 5.02 Å². The van der Waals surface area contributed by atoms with Gasteiger partial charge in [-0.1, -0.05) is 11.6 Å². The van der Waals surface area contributed by atoms with E-state index < -0.39 is 6.10 Å². The third kappa shape index (κ3) is 3.92. The summed E-state index contributed by atoms with van der Waals surface area (Å²) in [5.41, 5.74) is 1.92. The van der Waals surface area contributed by atoms with Crippen molar-refractivity contribution in [2.45, 2.75) is 19.6 Å². The molecule has 0 saturated carbocycles. The van der Waals surface area contributed by atoms with Crippen LogP contribution in [0.25, 0.3) is 11.2 Å². The highest BCUT2D eigenvalue weighted by molar-refractivity contribution is 6.30. The van der Waals surface area contributed by atoms with Crippen LogP contribution in [0.1, 0.15) is 12.5 Å². The molecule has 132 valence electrons. The average Bonchev–Trinajstić information content (AvgIpc) is 2.95. The number of aliphatic hydroxyl groups is 1. The van der Waals surface area contributed by atoms with Crippen molar-refractivity contribution in [3.8, 4) is 5.75 Å². The van der Waals surface area contributed by atoms with Crippen molar-refractivity contribution >= 4 is 34.5 Å². The zero-order valence-corrected chi connectivity index (χ0v) is 14.6. The number of imidazole rings is 1. The lowest BCUT2D eigenvalue weighted by Crippen LogP contribution is -2.17. The molecule has 25 heavy (non-hydrogen) atoms. The van der Waals surface area contributed by atoms with Gasteiger partial charge in [0.25, 0.3) is 0 Å². The number of halogens is 1. The summed E-state index contributed by atoms with van der Waals surface area (Å²) >= 11 is 5.98. The minimum absolute atomic E-state index is 0.149. The van der Waals surface area contributed by atoms with Crippen molar-refractivity contribution in [1.82, 2.24) is 19.5 Å². The summed E-state index contributed by atoms with van der Waals surface area (Å²) in [6, 6.07) is 4.86. The lowest BCUT2D eigenvalue weighted by atomic mass is 10.2. The normalized spacial score (nSPS) is 12.3. The highest BCUT2D eigenvalue weighted by Crippen LogP contribution is 2.25. The van der Waals surface area contributed by atoms with Gasteiger partial charge in [-0.05, 0) is 25.1 Å². The average molecular weight is 363 g/mol. The second-order valence-corrected chi connectivity index (χ2v) is 6.22. The monoisotopic (exact) mass is 362 g/mol. The fourth-order valence-electron chi connectivity index (χ4n) is 2.32. The van der Waals surface area contributed by atoms with Crippen molar-refractivity contribution in [2.24, 2.45) is 7.05 Å². The van der Waals surface area contributed by atoms with Gasteiger partial charge in [-0.3, -0.25) is 0 Å². The molecular formula is C16H19ClN6O2. The lowest BCUT2D eigenvalue weighted by molar-refractivity contribution is 0.208. The van der Waals surface area contributed by atoms with E-state index in [1.54, 1.807) is 36.0 Å². The first kappa shape index (κ1) is 17.2. The van der Waals surface area contributed by atoms with Gasteiger partial charge < -0.3 is 25.4 Å². The third-order valence-corrected chi connectivity index (χ3v) is 3.84. The number of hydrogen-bond acceptors (Lipinski definition) is 7. The Morgan fingerprint density at radius 1 is 1.28 bits per heavy atom. The van der Waals surface area contributed by atoms with Crippen molar-refractivity contribution < 1.29 is 10.2 Å². The molecule has 1 atom stereocenters. The van der Waals surface area contributed by atoms with Gasteiger partial charge in [0.2, 0.25) is 5.95 Å². The largest absolute Gasteiger partial charge is 0.508 e. The van der Waals surface area contributed by atoms with E-state index in [9.17, 15) is 10.2 Å². The van der Waals surface area contributed by atoms with Crippen LogP contribution < -0.4 is 10.6 Å². The summed E-state index contributed by atoms with van der Waals surface area (Å²) in [7, 11) is 1.84. The second-order valence-electron chi connectivity index (χ2n) is 5.78. The first-order valence-electron chi connectivity index (χ1n) is 7.76. The predicted molar refractivity (Wildman–Crippen MR) is 96.9 cm³/mol. The Bertz CT molecular complexity index is 896. The number of benzene rings is 1. The van der Waals surface area contributed by atoms with Crippen molar-refractivity contribution in [3.63, 3.8) is 0 Å². The molecule has 0 saturated heterocycles. The van der Waals surface area contributed by atoms with E-state index in [1.165, 1.54) is 0 Å². The topological polar surface area (TPSA) is 108 Å². The Hall–Kier alpha value is -2.58. The highest BCUT2D eigenvalue weighted by atomic mass is 35.5. The number of nitrogens with zero attached hydrogens (tertiary/aromatic N) is 4. The minimum atomic E-state index is -0.523. The molecule has 0 bridgehead atoms. The molecule has 9 heteroatoms. The number of phenols is 1. The van der Waals surface area contributed by atoms with Gasteiger partial charge in [0, 0.05) is 30.7 Å². The van der Waals surface area contributed by atoms with Gasteiger partial charge in [0.15, 0.2) is 17.0 Å². The second kappa shape index (κ2) is 7.12. The molecule has 0 aliphatic heterocycles. The first-order valence-corrected chi connectivity index (χ1v) is 8.14. The lowest BCUT2D eigenvalue weighted by Gasteiger charge is -2.11. The number of aliphatic hydroxyl groups excluding tert-OH is 1. The van der Waals surface area contributed by atoms with E-state index in [2.05, 4.69) is 25.6 Å². The van der Waals surface area contributed by atoms with Crippen molar-refractivity contribution in [1.29, 1.82) is 0 Å². The van der Waals surface area contributed by atoms with E-state index in [4.69, 9.17) is 11.6 Å². The molecule has 3 aromatic rings. The van der Waals surface area contributed by atoms with Crippen LogP contribution in [0.4, 0.5) is 11.8 Å². The Morgan fingerprint density at radius 2 is 2.08 bits per heavy atom. The highest BCUT2D eigenvalue weighted by Gasteiger charge is 2.13. The maximum Gasteiger partial charge on any atom is 0.226 e. The summed E-state index contributed by atoms with van der Waals surface area (Å²) in [6.45, 7) is 2.33. The molecule has 2 aromatic heterocycles. The van der Waals surface area contributed by atoms with Gasteiger partial charge in [0.05, 0.1) is 12.4 Å². The van der Waals surface area contributed by atoms with Gasteiger partial charge in [-0.25, -0.2) is 4.98 Å². The summed E-state index contributed by atoms with van der Waals surface area (Å²) < 4.78 is 1.78. The first-order chi connectivity index (χ1) is 11.9.